The number of hydrogen-bond acceptors (Lipinski definition) is 4. The zero-order valence-corrected chi connectivity index (χ0v) is 53.3. The number of hydrogen-bond donors (Lipinski definition) is 0. The summed E-state index contributed by atoms with van der Waals surface area (Å²) in [6, 6.07) is 0. The van der Waals surface area contributed by atoms with E-state index in [-0.39, 0.29) is 11.9 Å². The molecule has 0 radical (unpaired) electrons. The maximum atomic E-state index is 11.9. The van der Waals surface area contributed by atoms with E-state index in [0.29, 0.717) is 26.1 Å². The molecule has 0 bridgehead atoms. The molecule has 0 N–H and O–H groups in total. The van der Waals surface area contributed by atoms with Crippen molar-refractivity contribution in [2.24, 2.45) is 0 Å². The van der Waals surface area contributed by atoms with Crippen LogP contribution in [0.3, 0.4) is 0 Å². The first-order valence-electron chi connectivity index (χ1n) is 35.9. The predicted octanol–water partition coefficient (Wildman–Crippen LogP) is 26.1. The summed E-state index contributed by atoms with van der Waals surface area (Å²) in [7, 11) is 0. The topological polar surface area (TPSA) is 52.6 Å². The summed E-state index contributed by atoms with van der Waals surface area (Å²) in [5.74, 6) is 0.0565. The third-order valence-electron chi connectivity index (χ3n) is 16.5. The molecular formula is C72H144O4. The van der Waals surface area contributed by atoms with E-state index in [1.807, 2.05) is 0 Å². The Kier molecular flexibility index (Phi) is 74.9. The summed E-state index contributed by atoms with van der Waals surface area (Å²) in [6.45, 7) is 10.4. The third-order valence-corrected chi connectivity index (χ3v) is 16.5. The van der Waals surface area contributed by atoms with E-state index < -0.39 is 0 Å². The molecule has 0 aliphatic rings. The van der Waals surface area contributed by atoms with E-state index in [2.05, 4.69) is 27.7 Å². The predicted molar refractivity (Wildman–Crippen MR) is 340 cm³/mol. The molecule has 0 aromatic rings. The Bertz CT molecular complexity index is 990. The maximum absolute atomic E-state index is 11.9. The van der Waals surface area contributed by atoms with Crippen LogP contribution in [0.5, 0.6) is 0 Å². The monoisotopic (exact) mass is 1070 g/mol. The second-order valence-electron chi connectivity index (χ2n) is 24.4. The first-order chi connectivity index (χ1) is 37.6. The lowest BCUT2D eigenvalue weighted by atomic mass is 10.0. The summed E-state index contributed by atoms with van der Waals surface area (Å²) in [4.78, 5) is 23.8. The highest BCUT2D eigenvalue weighted by atomic mass is 16.5. The Balaban J connectivity index is 0. The first kappa shape index (κ1) is 77.0. The molecule has 0 unspecified atom stereocenters. The standard InChI is InChI=1S/C38H76O2.C34H68O2/c1-3-5-7-9-11-13-15-17-19-20-21-22-23-24-26-28-30-32-34-36-38(39)40-37-35-33-31-29-27-25-18-16-14-12-10-8-6-4-2;1-3-5-7-9-11-13-15-17-19-20-22-24-26-28-30-32-34(35)36-33-31-29-27-25-23-21-18-16-14-12-10-8-6-4-2/h3-37H2,1-2H3;3-33H2,1-2H3. The molecule has 4 nitrogen and oxygen atoms in total. The van der Waals surface area contributed by atoms with Crippen LogP contribution in [0.2, 0.25) is 0 Å². The first-order valence-corrected chi connectivity index (χ1v) is 35.9. The molecule has 0 aliphatic carbocycles. The average molecular weight is 1070 g/mol. The van der Waals surface area contributed by atoms with Crippen LogP contribution < -0.4 is 0 Å². The minimum absolute atomic E-state index is 0.0272. The van der Waals surface area contributed by atoms with Crippen LogP contribution in [-0.2, 0) is 19.1 Å². The number of carbonyl (C=O) groups is 2. The largest absolute Gasteiger partial charge is 0.466 e. The number of unbranched alkanes of at least 4 members (excludes halogenated alkanes) is 58. The number of rotatable bonds is 66. The van der Waals surface area contributed by atoms with E-state index in [0.717, 1.165) is 25.7 Å². The van der Waals surface area contributed by atoms with Crippen LogP contribution in [0.25, 0.3) is 0 Å². The molecule has 0 aliphatic heterocycles. The minimum atomic E-state index is 0.0272. The summed E-state index contributed by atoms with van der Waals surface area (Å²) in [6.07, 6.45) is 86.1. The summed E-state index contributed by atoms with van der Waals surface area (Å²) >= 11 is 0. The van der Waals surface area contributed by atoms with Gasteiger partial charge in [0.2, 0.25) is 0 Å². The quantitative estimate of drug-likeness (QED) is 0.0450. The van der Waals surface area contributed by atoms with Gasteiger partial charge in [-0.1, -0.05) is 400 Å². The van der Waals surface area contributed by atoms with E-state index in [1.165, 1.54) is 372 Å². The molecule has 0 saturated heterocycles. The Morgan fingerprint density at radius 2 is 0.289 bits per heavy atom. The molecule has 456 valence electrons. The molecule has 0 spiro atoms. The zero-order valence-electron chi connectivity index (χ0n) is 53.3. The fourth-order valence-corrected chi connectivity index (χ4v) is 11.1. The van der Waals surface area contributed by atoms with Crippen molar-refractivity contribution in [1.82, 2.24) is 0 Å². The highest BCUT2D eigenvalue weighted by Crippen LogP contribution is 2.19. The Hall–Kier alpha value is -1.06. The lowest BCUT2D eigenvalue weighted by Gasteiger charge is -2.06. The third kappa shape index (κ3) is 75.0. The van der Waals surface area contributed by atoms with Gasteiger partial charge in [-0.25, -0.2) is 0 Å². The minimum Gasteiger partial charge on any atom is -0.466 e. The Labute approximate surface area is 480 Å². The lowest BCUT2D eigenvalue weighted by Crippen LogP contribution is -2.05. The normalized spacial score (nSPS) is 11.3. The van der Waals surface area contributed by atoms with Gasteiger partial charge in [0.1, 0.15) is 0 Å². The van der Waals surface area contributed by atoms with Gasteiger partial charge in [0.25, 0.3) is 0 Å². The Morgan fingerprint density at radius 1 is 0.171 bits per heavy atom. The van der Waals surface area contributed by atoms with Crippen molar-refractivity contribution in [3.63, 3.8) is 0 Å². The van der Waals surface area contributed by atoms with Gasteiger partial charge in [0.05, 0.1) is 13.2 Å². The van der Waals surface area contributed by atoms with Crippen LogP contribution in [0.1, 0.15) is 439 Å². The smallest absolute Gasteiger partial charge is 0.305 e. The van der Waals surface area contributed by atoms with Gasteiger partial charge < -0.3 is 9.47 Å². The van der Waals surface area contributed by atoms with E-state index in [9.17, 15) is 9.59 Å². The van der Waals surface area contributed by atoms with Gasteiger partial charge in [0.15, 0.2) is 0 Å². The summed E-state index contributed by atoms with van der Waals surface area (Å²) < 4.78 is 10.9. The van der Waals surface area contributed by atoms with Gasteiger partial charge in [-0.3, -0.25) is 9.59 Å². The maximum Gasteiger partial charge on any atom is 0.305 e. The molecule has 0 fully saturated rings. The van der Waals surface area contributed by atoms with Crippen LogP contribution in [0.4, 0.5) is 0 Å². The molecule has 4 heteroatoms. The fraction of sp³-hybridized carbons (Fsp3) is 0.972. The van der Waals surface area contributed by atoms with Gasteiger partial charge in [-0.2, -0.15) is 0 Å². The van der Waals surface area contributed by atoms with Gasteiger partial charge in [-0.05, 0) is 25.7 Å². The molecular weight excluding hydrogens is 929 g/mol. The van der Waals surface area contributed by atoms with E-state index in [1.54, 1.807) is 0 Å². The molecule has 0 aromatic heterocycles. The molecule has 0 atom stereocenters. The van der Waals surface area contributed by atoms with E-state index in [4.69, 9.17) is 9.47 Å². The van der Waals surface area contributed by atoms with Crippen molar-refractivity contribution in [3.05, 3.63) is 0 Å². The molecule has 76 heavy (non-hydrogen) atoms. The van der Waals surface area contributed by atoms with Crippen molar-refractivity contribution in [3.8, 4) is 0 Å². The van der Waals surface area contributed by atoms with Gasteiger partial charge in [-0.15, -0.1) is 0 Å². The molecule has 0 heterocycles. The molecule has 0 amide bonds. The van der Waals surface area contributed by atoms with Gasteiger partial charge >= 0.3 is 11.9 Å². The summed E-state index contributed by atoms with van der Waals surface area (Å²) in [5, 5.41) is 0. The van der Waals surface area contributed by atoms with Crippen molar-refractivity contribution in [2.45, 2.75) is 439 Å². The van der Waals surface area contributed by atoms with Crippen molar-refractivity contribution >= 4 is 11.9 Å². The molecule has 0 rings (SSSR count). The van der Waals surface area contributed by atoms with Crippen LogP contribution >= 0.6 is 0 Å². The van der Waals surface area contributed by atoms with E-state index >= 15 is 0 Å². The Morgan fingerprint density at radius 3 is 0.434 bits per heavy atom. The zero-order chi connectivity index (χ0) is 55.2. The molecule has 0 saturated carbocycles. The van der Waals surface area contributed by atoms with Gasteiger partial charge in [0, 0.05) is 12.8 Å². The van der Waals surface area contributed by atoms with Crippen LogP contribution in [-0.4, -0.2) is 25.2 Å². The number of ether oxygens (including phenoxy) is 2. The second-order valence-corrected chi connectivity index (χ2v) is 24.4. The summed E-state index contributed by atoms with van der Waals surface area (Å²) in [5.41, 5.74) is 0. The highest BCUT2D eigenvalue weighted by molar-refractivity contribution is 5.69. The van der Waals surface area contributed by atoms with Crippen LogP contribution in [0.15, 0.2) is 0 Å². The second kappa shape index (κ2) is 73.9. The van der Waals surface area contributed by atoms with Crippen molar-refractivity contribution in [1.29, 1.82) is 0 Å². The molecule has 0 aromatic carbocycles. The highest BCUT2D eigenvalue weighted by Gasteiger charge is 2.05. The fourth-order valence-electron chi connectivity index (χ4n) is 11.1. The lowest BCUT2D eigenvalue weighted by molar-refractivity contribution is -0.144. The number of esters is 2. The SMILES string of the molecule is CCCCCCCCCCCCCCCCCC(=O)OCCCCCCCCCCCCCCCC.CCCCCCCCCCCCCCCCCCCCCC(=O)OCCCCCCCCCCCCCCCC. The average Bonchev–Trinajstić information content (AvgIpc) is 3.42. The number of carbonyl (C=O) groups excluding carboxylic acids is 2. The van der Waals surface area contributed by atoms with Crippen LogP contribution in [0, 0.1) is 0 Å². The van der Waals surface area contributed by atoms with Crippen molar-refractivity contribution < 1.29 is 19.1 Å². The van der Waals surface area contributed by atoms with Crippen molar-refractivity contribution in [2.75, 3.05) is 13.2 Å².